The maximum Gasteiger partial charge on any atom is 0.410 e. The molecule has 7 aliphatic heterocycles. The third kappa shape index (κ3) is 13.1. The van der Waals surface area contributed by atoms with E-state index in [4.69, 9.17) is 28.7 Å². The van der Waals surface area contributed by atoms with E-state index in [-0.39, 0.29) is 54.7 Å². The summed E-state index contributed by atoms with van der Waals surface area (Å²) in [6.07, 6.45) is 2.42. The SMILES string of the molecule is CO[C@@H](C)c1ncc(N2CCN3CCOC[C@@H]3C2)cc1-c1c2c3cc(ccc3n1CC(F)(F)F)N1CCO[C@@H](C[C@H](NC(=O)[C@H](C3CCCC3)N3CC[C@]4(CCN(C(=O)OC(C)(C)C)C4)C3)C(=O)N3CCC[C@H](N3)C(=O)OCC(C)(C)C2)C1. The van der Waals surface area contributed by atoms with Crippen molar-refractivity contribution in [2.45, 2.75) is 160 Å². The number of piperazine rings is 1. The van der Waals surface area contributed by atoms with Crippen molar-refractivity contribution in [1.29, 1.82) is 0 Å². The van der Waals surface area contributed by atoms with Crippen molar-refractivity contribution >= 4 is 46.2 Å². The second-order valence-corrected chi connectivity index (χ2v) is 26.8. The van der Waals surface area contributed by atoms with E-state index < -0.39 is 60.0 Å². The molecule has 6 bridgehead atoms. The van der Waals surface area contributed by atoms with Gasteiger partial charge in [-0.1, -0.05) is 26.7 Å². The smallest absolute Gasteiger partial charge is 0.410 e. The Kier molecular flexibility index (Phi) is 17.1. The third-order valence-electron chi connectivity index (χ3n) is 18.9. The highest BCUT2D eigenvalue weighted by molar-refractivity contribution is 5.95. The number of aromatic nitrogens is 2. The Hall–Kier alpha value is -5.26. The van der Waals surface area contributed by atoms with Gasteiger partial charge in [0.1, 0.15) is 24.2 Å². The molecule has 1 saturated carbocycles. The van der Waals surface area contributed by atoms with E-state index in [1.165, 1.54) is 9.58 Å². The number of carbonyl (C=O) groups is 4. The molecule has 2 aromatic heterocycles. The zero-order valence-corrected chi connectivity index (χ0v) is 49.7. The largest absolute Gasteiger partial charge is 0.464 e. The highest BCUT2D eigenvalue weighted by Crippen LogP contribution is 2.46. The lowest BCUT2D eigenvalue weighted by Crippen LogP contribution is -2.62. The first-order valence-electron chi connectivity index (χ1n) is 30.5. The van der Waals surface area contributed by atoms with Crippen molar-refractivity contribution in [3.05, 3.63) is 41.7 Å². The quantitative estimate of drug-likeness (QED) is 0.208. The highest BCUT2D eigenvalue weighted by Gasteiger charge is 2.50. The number of methoxy groups -OCH3 is 1. The first kappa shape index (κ1) is 59.5. The van der Waals surface area contributed by atoms with Crippen molar-refractivity contribution < 1.29 is 56.0 Å². The Labute approximate surface area is 486 Å². The molecular formula is C61H87F3N10O9. The van der Waals surface area contributed by atoms with E-state index >= 15 is 22.8 Å². The number of esters is 1. The molecule has 1 spiro atoms. The third-order valence-corrected chi connectivity index (χ3v) is 18.9. The van der Waals surface area contributed by atoms with Gasteiger partial charge in [-0.05, 0) is 115 Å². The van der Waals surface area contributed by atoms with E-state index in [9.17, 15) is 9.59 Å². The number of amides is 3. The van der Waals surface area contributed by atoms with Crippen molar-refractivity contribution in [3.63, 3.8) is 0 Å². The van der Waals surface area contributed by atoms with Crippen LogP contribution in [0.5, 0.6) is 0 Å². The topological polar surface area (TPSA) is 176 Å². The zero-order chi connectivity index (χ0) is 58.6. The second kappa shape index (κ2) is 23.9. The van der Waals surface area contributed by atoms with Gasteiger partial charge in [-0.2, -0.15) is 13.2 Å². The Balaban J connectivity index is 0.944. The molecule has 2 N–H and O–H groups in total. The summed E-state index contributed by atoms with van der Waals surface area (Å²) >= 11 is 0. The summed E-state index contributed by atoms with van der Waals surface area (Å²) in [7, 11) is 1.57. The van der Waals surface area contributed by atoms with Crippen molar-refractivity contribution in [2.75, 3.05) is 115 Å². The molecule has 1 aromatic carbocycles. The van der Waals surface area contributed by atoms with Gasteiger partial charge in [-0.15, -0.1) is 0 Å². The zero-order valence-electron chi connectivity index (χ0n) is 49.7. The van der Waals surface area contributed by atoms with Crippen LogP contribution in [0.25, 0.3) is 22.2 Å². The van der Waals surface area contributed by atoms with Crippen LogP contribution < -0.4 is 20.5 Å². The van der Waals surface area contributed by atoms with Crippen molar-refractivity contribution in [2.24, 2.45) is 16.7 Å². The second-order valence-electron chi connectivity index (χ2n) is 26.8. The number of pyridine rings is 1. The Bertz CT molecular complexity index is 2870. The van der Waals surface area contributed by atoms with Crippen LogP contribution in [0.15, 0.2) is 30.5 Å². The number of likely N-dealkylation sites (tertiary alicyclic amines) is 2. The van der Waals surface area contributed by atoms with Crippen LogP contribution in [-0.4, -0.2) is 201 Å². The minimum absolute atomic E-state index is 0.0698. The number of alkyl halides is 3. The number of hydrazine groups is 1. The molecule has 0 radical (unpaired) electrons. The number of halogens is 3. The van der Waals surface area contributed by atoms with Crippen LogP contribution in [-0.2, 0) is 51.0 Å². The van der Waals surface area contributed by atoms with Gasteiger partial charge in [0, 0.05) is 112 Å². The Morgan fingerprint density at radius 2 is 1.70 bits per heavy atom. The average Bonchev–Trinajstić information content (AvgIpc) is 4.04. The summed E-state index contributed by atoms with van der Waals surface area (Å²) in [5, 5.41) is 5.38. The number of fused-ring (bicyclic) bond motifs is 7. The van der Waals surface area contributed by atoms with Crippen LogP contribution in [0.1, 0.15) is 117 Å². The molecule has 7 fully saturated rings. The normalized spacial score (nSPS) is 27.9. The monoisotopic (exact) mass is 1160 g/mol. The molecule has 19 nitrogen and oxygen atoms in total. The first-order chi connectivity index (χ1) is 39.5. The van der Waals surface area contributed by atoms with Crippen LogP contribution in [0.2, 0.25) is 0 Å². The number of hydrogen-bond acceptors (Lipinski definition) is 15. The molecular weight excluding hydrogens is 1070 g/mol. The molecule has 7 atom stereocenters. The molecule has 8 aliphatic rings. The van der Waals surface area contributed by atoms with Gasteiger partial charge >= 0.3 is 18.2 Å². The van der Waals surface area contributed by atoms with E-state index in [2.05, 4.69) is 30.3 Å². The maximum atomic E-state index is 15.3. The fourth-order valence-electron chi connectivity index (χ4n) is 14.6. The molecule has 83 heavy (non-hydrogen) atoms. The summed E-state index contributed by atoms with van der Waals surface area (Å²) in [5.41, 5.74) is 5.62. The summed E-state index contributed by atoms with van der Waals surface area (Å²) in [4.78, 5) is 73.9. The maximum absolute atomic E-state index is 15.3. The first-order valence-corrected chi connectivity index (χ1v) is 30.5. The molecule has 9 heterocycles. The van der Waals surface area contributed by atoms with Crippen molar-refractivity contribution in [1.82, 2.24) is 40.0 Å². The molecule has 22 heteroatoms. The average molecular weight is 1160 g/mol. The number of nitrogens with zero attached hydrogens (tertiary/aromatic N) is 8. The standard InChI is InChI=1S/C61H87F3N10O9/c1-39(79-7)51-46(28-42(31-65-51)69-22-21-68-23-25-80-34-43(68)32-69)53-47-30-59(5,6)38-82-56(77)48-13-10-18-74(67-48)55(76)49(29-44-33-70(24-26-81-44)41-14-15-50(45(47)27-41)73(53)37-61(62,63)64)66-54(75)52(40-11-8-9-12-40)71-19-16-60(35-71)17-20-72(36-60)57(78)83-58(2,3)4/h14-15,27-28,31,39-40,43-44,48-49,52,67H,8-13,16-26,29-30,32-38H2,1-7H3,(H,66,75)/t39-,43-,44-,48-,49-,52-,60-/m0/s1. The van der Waals surface area contributed by atoms with E-state index in [0.717, 1.165) is 63.0 Å². The van der Waals surface area contributed by atoms with Gasteiger partial charge in [0.2, 0.25) is 5.91 Å². The number of rotatable bonds is 9. The molecule has 3 aromatic rings. The lowest BCUT2D eigenvalue weighted by Gasteiger charge is -2.44. The van der Waals surface area contributed by atoms with Gasteiger partial charge in [0.15, 0.2) is 0 Å². The van der Waals surface area contributed by atoms with Crippen LogP contribution in [0.4, 0.5) is 29.3 Å². The number of anilines is 2. The van der Waals surface area contributed by atoms with Crippen molar-refractivity contribution in [3.8, 4) is 11.3 Å². The molecule has 0 unspecified atom stereocenters. The fraction of sp³-hybridized carbons (Fsp3) is 0.721. The van der Waals surface area contributed by atoms with Gasteiger partial charge in [-0.25, -0.2) is 10.2 Å². The van der Waals surface area contributed by atoms with Crippen LogP contribution >= 0.6 is 0 Å². The number of ether oxygens (including phenoxy) is 5. The minimum Gasteiger partial charge on any atom is -0.464 e. The lowest BCUT2D eigenvalue weighted by atomic mass is 9.84. The summed E-state index contributed by atoms with van der Waals surface area (Å²) in [6, 6.07) is 5.35. The Morgan fingerprint density at radius 1 is 0.916 bits per heavy atom. The minimum atomic E-state index is -4.61. The van der Waals surface area contributed by atoms with Gasteiger partial charge in [0.05, 0.1) is 74.0 Å². The molecule has 11 rings (SSSR count). The van der Waals surface area contributed by atoms with E-state index in [0.29, 0.717) is 125 Å². The summed E-state index contributed by atoms with van der Waals surface area (Å²) < 4.78 is 77.5. The molecule has 456 valence electrons. The van der Waals surface area contributed by atoms with Crippen LogP contribution in [0.3, 0.4) is 0 Å². The lowest BCUT2D eigenvalue weighted by molar-refractivity contribution is -0.156. The van der Waals surface area contributed by atoms with Gasteiger partial charge in [0.25, 0.3) is 5.91 Å². The fourth-order valence-corrected chi connectivity index (χ4v) is 14.6. The number of hydrogen-bond donors (Lipinski definition) is 2. The number of cyclic esters (lactones) is 1. The van der Waals surface area contributed by atoms with Gasteiger partial charge in [-0.3, -0.25) is 34.2 Å². The van der Waals surface area contributed by atoms with E-state index in [1.54, 1.807) is 24.3 Å². The van der Waals surface area contributed by atoms with Gasteiger partial charge < -0.3 is 48.3 Å². The number of morpholine rings is 2. The number of benzene rings is 1. The molecule has 1 aliphatic carbocycles. The summed E-state index contributed by atoms with van der Waals surface area (Å²) in [5.74, 6) is -1.07. The van der Waals surface area contributed by atoms with E-state index in [1.807, 2.05) is 59.7 Å². The number of carbonyl (C=O) groups excluding carboxylic acids is 4. The van der Waals surface area contributed by atoms with Crippen LogP contribution in [0, 0.1) is 16.7 Å². The predicted octanol–water partition coefficient (Wildman–Crippen LogP) is 7.09. The predicted molar refractivity (Wildman–Crippen MR) is 307 cm³/mol. The highest BCUT2D eigenvalue weighted by atomic mass is 19.4. The number of nitrogens with one attached hydrogen (secondary N) is 2. The molecule has 3 amide bonds. The Morgan fingerprint density at radius 3 is 2.47 bits per heavy atom. The molecule has 6 saturated heterocycles. The summed E-state index contributed by atoms with van der Waals surface area (Å²) in [6.45, 7) is 18.2.